The molecule has 26 heavy (non-hydrogen) atoms. The van der Waals surface area contributed by atoms with Crippen LogP contribution in [0.5, 0.6) is 0 Å². The van der Waals surface area contributed by atoms with E-state index in [1.54, 1.807) is 18.6 Å². The summed E-state index contributed by atoms with van der Waals surface area (Å²) >= 11 is 0. The second-order valence-electron chi connectivity index (χ2n) is 5.99. The molecule has 0 amide bonds. The van der Waals surface area contributed by atoms with Crippen LogP contribution in [0.2, 0.25) is 0 Å². The fourth-order valence-corrected chi connectivity index (χ4v) is 2.76. The molecular weight excluding hydrogens is 327 g/mol. The van der Waals surface area contributed by atoms with Gasteiger partial charge in [0.1, 0.15) is 5.82 Å². The highest BCUT2D eigenvalue weighted by atomic mass is 19.1. The normalized spacial score (nSPS) is 12.0. The third kappa shape index (κ3) is 3.52. The van der Waals surface area contributed by atoms with Crippen molar-refractivity contribution in [3.63, 3.8) is 0 Å². The van der Waals surface area contributed by atoms with Gasteiger partial charge in [-0.05, 0) is 5.56 Å². The van der Waals surface area contributed by atoms with Gasteiger partial charge in [-0.1, -0.05) is 60.7 Å². The highest BCUT2D eigenvalue weighted by Gasteiger charge is 2.15. The number of hydrogen-bond acceptors (Lipinski definition) is 3. The minimum absolute atomic E-state index is 0.289. The van der Waals surface area contributed by atoms with Gasteiger partial charge in [0.05, 0.1) is 5.69 Å². The number of halogens is 1. The number of aromatic nitrogens is 4. The van der Waals surface area contributed by atoms with E-state index in [1.165, 1.54) is 0 Å². The van der Waals surface area contributed by atoms with E-state index >= 15 is 0 Å². The Hall–Kier alpha value is -3.34. The molecule has 2 aromatic carbocycles. The zero-order valence-corrected chi connectivity index (χ0v) is 14.0. The Morgan fingerprint density at radius 1 is 0.846 bits per heavy atom. The molecule has 0 saturated heterocycles. The first-order chi connectivity index (χ1) is 12.8. The zero-order chi connectivity index (χ0) is 17.8. The van der Waals surface area contributed by atoms with Crippen molar-refractivity contribution in [3.05, 3.63) is 90.6 Å². The van der Waals surface area contributed by atoms with E-state index in [4.69, 9.17) is 0 Å². The molecule has 0 aliphatic carbocycles. The maximum Gasteiger partial charge on any atom is 0.161 e. The number of H-pyrrole nitrogens is 1. The van der Waals surface area contributed by atoms with Crippen LogP contribution in [0.1, 0.15) is 17.6 Å². The quantitative estimate of drug-likeness (QED) is 0.566. The lowest BCUT2D eigenvalue weighted by atomic mass is 10.1. The molecule has 0 saturated carbocycles. The Balaban J connectivity index is 1.51. The summed E-state index contributed by atoms with van der Waals surface area (Å²) in [5.74, 6) is 0.966. The molecule has 0 aliphatic rings. The Morgan fingerprint density at radius 3 is 2.19 bits per heavy atom. The molecule has 1 unspecified atom stereocenters. The molecule has 0 spiro atoms. The van der Waals surface area contributed by atoms with Crippen molar-refractivity contribution in [3.8, 4) is 22.6 Å². The second kappa shape index (κ2) is 7.27. The summed E-state index contributed by atoms with van der Waals surface area (Å²) in [6, 6.07) is 19.3. The standard InChI is InChI=1S/C21H17FN4/c22-18(11-15-7-3-1-4-8-15)21-25-14-19(26-21)17-12-23-20(24-13-17)16-9-5-2-6-10-16/h1-10,12-14,18H,11H2,(H,25,26). The summed E-state index contributed by atoms with van der Waals surface area (Å²) < 4.78 is 14.5. The van der Waals surface area contributed by atoms with Gasteiger partial charge in [0, 0.05) is 36.1 Å². The van der Waals surface area contributed by atoms with Gasteiger partial charge in [-0.2, -0.15) is 0 Å². The lowest BCUT2D eigenvalue weighted by molar-refractivity contribution is 0.328. The minimum atomic E-state index is -1.18. The number of alkyl halides is 1. The van der Waals surface area contributed by atoms with Crippen LogP contribution in [0, 0.1) is 0 Å². The minimum Gasteiger partial charge on any atom is -0.346 e. The maximum atomic E-state index is 14.5. The van der Waals surface area contributed by atoms with Gasteiger partial charge in [-0.15, -0.1) is 0 Å². The van der Waals surface area contributed by atoms with Crippen molar-refractivity contribution in [1.82, 2.24) is 19.9 Å². The largest absolute Gasteiger partial charge is 0.346 e. The van der Waals surface area contributed by atoms with Crippen molar-refractivity contribution in [2.45, 2.75) is 12.6 Å². The van der Waals surface area contributed by atoms with Gasteiger partial charge in [0.15, 0.2) is 12.0 Å². The topological polar surface area (TPSA) is 54.5 Å². The van der Waals surface area contributed by atoms with E-state index in [-0.39, 0.29) is 6.42 Å². The van der Waals surface area contributed by atoms with Crippen LogP contribution in [0.15, 0.2) is 79.3 Å². The van der Waals surface area contributed by atoms with Crippen LogP contribution in [-0.4, -0.2) is 19.9 Å². The molecule has 1 atom stereocenters. The van der Waals surface area contributed by atoms with Crippen LogP contribution < -0.4 is 0 Å². The van der Waals surface area contributed by atoms with E-state index in [0.29, 0.717) is 17.3 Å². The molecule has 0 fully saturated rings. The molecule has 128 valence electrons. The first kappa shape index (κ1) is 16.1. The number of nitrogens with one attached hydrogen (secondary N) is 1. The van der Waals surface area contributed by atoms with Crippen molar-refractivity contribution in [2.24, 2.45) is 0 Å². The van der Waals surface area contributed by atoms with Gasteiger partial charge in [-0.3, -0.25) is 0 Å². The van der Waals surface area contributed by atoms with Gasteiger partial charge < -0.3 is 4.98 Å². The molecular formula is C21H17FN4. The molecule has 0 radical (unpaired) electrons. The second-order valence-corrected chi connectivity index (χ2v) is 5.99. The highest BCUT2D eigenvalue weighted by molar-refractivity contribution is 5.60. The SMILES string of the molecule is FC(Cc1ccccc1)c1nc(-c2cnc(-c3ccccc3)nc2)c[nH]1. The van der Waals surface area contributed by atoms with E-state index < -0.39 is 6.17 Å². The molecule has 0 aliphatic heterocycles. The summed E-state index contributed by atoms with van der Waals surface area (Å²) in [5, 5.41) is 0. The maximum absolute atomic E-state index is 14.5. The Morgan fingerprint density at radius 2 is 1.50 bits per heavy atom. The lowest BCUT2D eigenvalue weighted by Gasteiger charge is -2.05. The van der Waals surface area contributed by atoms with Gasteiger partial charge in [0.25, 0.3) is 0 Å². The Kier molecular flexibility index (Phi) is 4.51. The number of hydrogen-bond donors (Lipinski definition) is 1. The number of rotatable bonds is 5. The first-order valence-electron chi connectivity index (χ1n) is 8.41. The van der Waals surface area contributed by atoms with Gasteiger partial charge >= 0.3 is 0 Å². The number of imidazole rings is 1. The van der Waals surface area contributed by atoms with Gasteiger partial charge in [0.2, 0.25) is 0 Å². The molecule has 4 rings (SSSR count). The van der Waals surface area contributed by atoms with Crippen LogP contribution in [0.3, 0.4) is 0 Å². The van der Waals surface area contributed by atoms with E-state index in [2.05, 4.69) is 19.9 Å². The predicted octanol–water partition coefficient (Wildman–Crippen LogP) is 4.79. The molecule has 2 heterocycles. The van der Waals surface area contributed by atoms with Crippen molar-refractivity contribution >= 4 is 0 Å². The van der Waals surface area contributed by atoms with Crippen molar-refractivity contribution in [1.29, 1.82) is 0 Å². The number of aromatic amines is 1. The zero-order valence-electron chi connectivity index (χ0n) is 14.0. The van der Waals surface area contributed by atoms with E-state index in [0.717, 1.165) is 16.7 Å². The van der Waals surface area contributed by atoms with Crippen LogP contribution in [-0.2, 0) is 6.42 Å². The molecule has 4 nitrogen and oxygen atoms in total. The fourth-order valence-electron chi connectivity index (χ4n) is 2.76. The van der Waals surface area contributed by atoms with Crippen LogP contribution >= 0.6 is 0 Å². The Bertz CT molecular complexity index is 966. The molecule has 5 heteroatoms. The van der Waals surface area contributed by atoms with Crippen LogP contribution in [0.25, 0.3) is 22.6 Å². The predicted molar refractivity (Wildman–Crippen MR) is 99.0 cm³/mol. The molecule has 4 aromatic rings. The Labute approximate surface area is 150 Å². The van der Waals surface area contributed by atoms with Crippen LogP contribution in [0.4, 0.5) is 4.39 Å². The monoisotopic (exact) mass is 344 g/mol. The van der Waals surface area contributed by atoms with Gasteiger partial charge in [-0.25, -0.2) is 19.3 Å². The fraction of sp³-hybridized carbons (Fsp3) is 0.0952. The average Bonchev–Trinajstić information content (AvgIpc) is 3.20. The molecule has 2 aromatic heterocycles. The number of nitrogens with zero attached hydrogens (tertiary/aromatic N) is 3. The number of benzene rings is 2. The van der Waals surface area contributed by atoms with E-state index in [1.807, 2.05) is 60.7 Å². The molecule has 0 bridgehead atoms. The first-order valence-corrected chi connectivity index (χ1v) is 8.41. The molecule has 1 N–H and O–H groups in total. The average molecular weight is 344 g/mol. The van der Waals surface area contributed by atoms with E-state index in [9.17, 15) is 4.39 Å². The highest BCUT2D eigenvalue weighted by Crippen LogP contribution is 2.24. The summed E-state index contributed by atoms with van der Waals surface area (Å²) in [5.41, 5.74) is 3.27. The summed E-state index contributed by atoms with van der Waals surface area (Å²) in [7, 11) is 0. The lowest BCUT2D eigenvalue weighted by Crippen LogP contribution is -1.99. The van der Waals surface area contributed by atoms with Crippen molar-refractivity contribution in [2.75, 3.05) is 0 Å². The summed E-state index contributed by atoms with van der Waals surface area (Å²) in [6.07, 6.45) is 4.21. The summed E-state index contributed by atoms with van der Waals surface area (Å²) in [4.78, 5) is 16.1. The smallest absolute Gasteiger partial charge is 0.161 e. The summed E-state index contributed by atoms with van der Waals surface area (Å²) in [6.45, 7) is 0. The van der Waals surface area contributed by atoms with Crippen molar-refractivity contribution < 1.29 is 4.39 Å². The third-order valence-electron chi connectivity index (χ3n) is 4.13. The third-order valence-corrected chi connectivity index (χ3v) is 4.13.